The second kappa shape index (κ2) is 7.28. The summed E-state index contributed by atoms with van der Waals surface area (Å²) in [6.45, 7) is 5.21. The van der Waals surface area contributed by atoms with Crippen LogP contribution in [-0.4, -0.2) is 57.0 Å². The predicted octanol–water partition coefficient (Wildman–Crippen LogP) is 0.813. The number of esters is 1. The van der Waals surface area contributed by atoms with Gasteiger partial charge < -0.3 is 10.1 Å². The number of fused-ring (bicyclic) bond motifs is 1. The molecule has 3 amide bonds. The maximum Gasteiger partial charge on any atom is 0.338 e. The van der Waals surface area contributed by atoms with Crippen molar-refractivity contribution in [3.05, 3.63) is 29.8 Å². The minimum Gasteiger partial charge on any atom is -0.462 e. The number of rotatable bonds is 4. The molecule has 0 aromatic heterocycles. The van der Waals surface area contributed by atoms with E-state index in [2.05, 4.69) is 10.6 Å². The third-order valence-corrected chi connectivity index (χ3v) is 4.90. The lowest BCUT2D eigenvalue weighted by atomic mass is 10.00. The number of anilines is 1. The number of nitrogens with one attached hydrogen (secondary N) is 2. The number of ether oxygens (including phenoxy) is 1. The van der Waals surface area contributed by atoms with Crippen LogP contribution in [0, 0.1) is 0 Å². The minimum atomic E-state index is -1.13. The second-order valence-electron chi connectivity index (χ2n) is 6.88. The summed E-state index contributed by atoms with van der Waals surface area (Å²) < 4.78 is 4.92. The molecule has 2 aliphatic rings. The van der Waals surface area contributed by atoms with Crippen LogP contribution in [0.2, 0.25) is 0 Å². The van der Waals surface area contributed by atoms with E-state index in [9.17, 15) is 19.2 Å². The van der Waals surface area contributed by atoms with Gasteiger partial charge in [-0.1, -0.05) is 0 Å². The molecule has 10 heteroatoms. The van der Waals surface area contributed by atoms with Gasteiger partial charge in [0.2, 0.25) is 17.7 Å². The van der Waals surface area contributed by atoms with E-state index < -0.39 is 23.5 Å². The molecule has 0 radical (unpaired) electrons. The minimum absolute atomic E-state index is 0.0385. The van der Waals surface area contributed by atoms with Crippen LogP contribution in [0.15, 0.2) is 24.3 Å². The summed E-state index contributed by atoms with van der Waals surface area (Å²) >= 11 is 5.09. The molecule has 2 fully saturated rings. The number of benzene rings is 1. The summed E-state index contributed by atoms with van der Waals surface area (Å²) in [4.78, 5) is 49.2. The Morgan fingerprint density at radius 1 is 1.29 bits per heavy atom. The fourth-order valence-electron chi connectivity index (χ4n) is 3.19. The van der Waals surface area contributed by atoms with Crippen molar-refractivity contribution in [3.8, 4) is 0 Å². The zero-order chi connectivity index (χ0) is 20.6. The van der Waals surface area contributed by atoms with E-state index in [1.807, 2.05) is 0 Å². The highest BCUT2D eigenvalue weighted by Crippen LogP contribution is 2.33. The summed E-state index contributed by atoms with van der Waals surface area (Å²) in [6.07, 6.45) is -0.106. The third-order valence-electron chi connectivity index (χ3n) is 4.62. The molecule has 1 aromatic carbocycles. The molecular weight excluding hydrogens is 384 g/mol. The summed E-state index contributed by atoms with van der Waals surface area (Å²) in [7, 11) is 0. The number of carbonyl (C=O) groups excluding carboxylic acids is 4. The van der Waals surface area contributed by atoms with Crippen LogP contribution in [0.4, 0.5) is 5.69 Å². The van der Waals surface area contributed by atoms with Gasteiger partial charge >= 0.3 is 5.97 Å². The van der Waals surface area contributed by atoms with Crippen molar-refractivity contribution >= 4 is 46.7 Å². The molecule has 2 heterocycles. The Bertz CT molecular complexity index is 867. The van der Waals surface area contributed by atoms with Gasteiger partial charge in [0, 0.05) is 5.69 Å². The third kappa shape index (κ3) is 3.36. The molecule has 28 heavy (non-hydrogen) atoms. The fourth-order valence-corrected chi connectivity index (χ4v) is 3.47. The van der Waals surface area contributed by atoms with Crippen molar-refractivity contribution in [1.82, 2.24) is 15.3 Å². The maximum atomic E-state index is 12.8. The highest BCUT2D eigenvalue weighted by molar-refractivity contribution is 7.80. The number of hydrazine groups is 1. The lowest BCUT2D eigenvalue weighted by Gasteiger charge is -2.45. The average Bonchev–Trinajstić information content (AvgIpc) is 3.00. The molecule has 148 valence electrons. The largest absolute Gasteiger partial charge is 0.462 e. The number of carbonyl (C=O) groups is 4. The molecule has 0 aliphatic carbocycles. The fraction of sp³-hybridized carbons (Fsp3) is 0.389. The van der Waals surface area contributed by atoms with Crippen LogP contribution in [0.25, 0.3) is 0 Å². The molecule has 0 bridgehead atoms. The normalized spacial score (nSPS) is 21.2. The molecule has 0 unspecified atom stereocenters. The Morgan fingerprint density at radius 2 is 1.93 bits per heavy atom. The topological polar surface area (TPSA) is 108 Å². The summed E-state index contributed by atoms with van der Waals surface area (Å²) in [6, 6.07) is 5.31. The number of thiocarbonyl (C=S) groups is 1. The van der Waals surface area contributed by atoms with Gasteiger partial charge in [0.05, 0.1) is 18.6 Å². The Balaban J connectivity index is 1.79. The summed E-state index contributed by atoms with van der Waals surface area (Å²) in [5.74, 6) is -1.66. The van der Waals surface area contributed by atoms with Crippen molar-refractivity contribution < 1.29 is 23.9 Å². The molecule has 0 saturated carbocycles. The first-order valence-electron chi connectivity index (χ1n) is 8.72. The van der Waals surface area contributed by atoms with Gasteiger partial charge in [-0.3, -0.25) is 19.7 Å². The number of hydrogen-bond acceptors (Lipinski definition) is 7. The highest BCUT2D eigenvalue weighted by Gasteiger charge is 2.56. The predicted molar refractivity (Wildman–Crippen MR) is 103 cm³/mol. The molecule has 1 aromatic rings. The Hall–Kier alpha value is -2.85. The van der Waals surface area contributed by atoms with Gasteiger partial charge in [-0.15, -0.1) is 0 Å². The number of nitrogens with zero attached hydrogens (tertiary/aromatic N) is 2. The first-order chi connectivity index (χ1) is 13.2. The zero-order valence-electron chi connectivity index (χ0n) is 15.6. The van der Waals surface area contributed by atoms with E-state index in [0.29, 0.717) is 11.3 Å². The van der Waals surface area contributed by atoms with E-state index in [1.165, 1.54) is 22.2 Å². The van der Waals surface area contributed by atoms with Crippen molar-refractivity contribution in [2.45, 2.75) is 38.8 Å². The molecule has 3 rings (SSSR count). The molecular formula is C18H20N4O5S. The molecule has 0 spiro atoms. The zero-order valence-corrected chi connectivity index (χ0v) is 16.5. The van der Waals surface area contributed by atoms with Crippen LogP contribution in [0.3, 0.4) is 0 Å². The molecule has 2 aliphatic heterocycles. The van der Waals surface area contributed by atoms with E-state index in [4.69, 9.17) is 17.0 Å². The average molecular weight is 404 g/mol. The monoisotopic (exact) mass is 404 g/mol. The lowest BCUT2D eigenvalue weighted by Crippen LogP contribution is -2.71. The highest BCUT2D eigenvalue weighted by atomic mass is 32.1. The summed E-state index contributed by atoms with van der Waals surface area (Å²) in [5.41, 5.74) is -0.323. The molecule has 1 atom stereocenters. The summed E-state index contributed by atoms with van der Waals surface area (Å²) in [5, 5.41) is 7.75. The van der Waals surface area contributed by atoms with Gasteiger partial charge in [0.1, 0.15) is 11.6 Å². The van der Waals surface area contributed by atoms with Crippen molar-refractivity contribution in [1.29, 1.82) is 0 Å². The van der Waals surface area contributed by atoms with E-state index in [1.54, 1.807) is 32.9 Å². The van der Waals surface area contributed by atoms with Crippen molar-refractivity contribution in [2.24, 2.45) is 0 Å². The number of hydrogen-bond donors (Lipinski definition) is 2. The van der Waals surface area contributed by atoms with Crippen LogP contribution in [-0.2, 0) is 19.1 Å². The van der Waals surface area contributed by atoms with E-state index in [-0.39, 0.29) is 30.0 Å². The van der Waals surface area contributed by atoms with Gasteiger partial charge in [-0.05, 0) is 57.3 Å². The smallest absolute Gasteiger partial charge is 0.338 e. The van der Waals surface area contributed by atoms with Crippen LogP contribution >= 0.6 is 12.2 Å². The Morgan fingerprint density at radius 3 is 2.54 bits per heavy atom. The maximum absolute atomic E-state index is 12.8. The first kappa shape index (κ1) is 19.9. The van der Waals surface area contributed by atoms with E-state index >= 15 is 0 Å². The Kier molecular flexibility index (Phi) is 5.18. The number of amides is 3. The van der Waals surface area contributed by atoms with Gasteiger partial charge in [0.15, 0.2) is 5.11 Å². The standard InChI is InChI=1S/C18H20N4O5S/c1-4-27-15(25)10-5-7-11(8-6-10)19-14(24)12-9-13(23)21-17(28)20-16(26)18(2,3)22(12)21/h5-8,12H,4,9H2,1-3H3,(H,19,24)(H,20,26,28)/t12-/m1/s1. The van der Waals surface area contributed by atoms with E-state index in [0.717, 1.165) is 0 Å². The van der Waals surface area contributed by atoms with Crippen LogP contribution in [0.5, 0.6) is 0 Å². The molecule has 2 N–H and O–H groups in total. The SMILES string of the molecule is CCOC(=O)c1ccc(NC(=O)[C@H]2CC(=O)N3C(=S)NC(=O)C(C)(C)N23)cc1. The van der Waals surface area contributed by atoms with Crippen LogP contribution in [0.1, 0.15) is 37.6 Å². The van der Waals surface area contributed by atoms with Gasteiger partial charge in [-0.2, -0.15) is 5.01 Å². The van der Waals surface area contributed by atoms with Crippen LogP contribution < -0.4 is 10.6 Å². The Labute approximate surface area is 167 Å². The lowest BCUT2D eigenvalue weighted by molar-refractivity contribution is -0.154. The second-order valence-corrected chi connectivity index (χ2v) is 7.26. The quantitative estimate of drug-likeness (QED) is 0.565. The van der Waals surface area contributed by atoms with Gasteiger partial charge in [-0.25, -0.2) is 9.80 Å². The molecule has 2 saturated heterocycles. The van der Waals surface area contributed by atoms with Crippen molar-refractivity contribution in [2.75, 3.05) is 11.9 Å². The van der Waals surface area contributed by atoms with Gasteiger partial charge in [0.25, 0.3) is 0 Å². The first-order valence-corrected chi connectivity index (χ1v) is 9.13. The molecule has 9 nitrogen and oxygen atoms in total. The van der Waals surface area contributed by atoms with Crippen molar-refractivity contribution in [3.63, 3.8) is 0 Å².